The Kier molecular flexibility index (Phi) is 7.17. The summed E-state index contributed by atoms with van der Waals surface area (Å²) in [6, 6.07) is 19.4. The molecule has 0 bridgehead atoms. The number of carbonyl (C=O) groups excluding carboxylic acids is 1. The molecule has 0 unspecified atom stereocenters. The number of ether oxygens (including phenoxy) is 1. The highest BCUT2D eigenvalue weighted by Crippen LogP contribution is 2.35. The topological polar surface area (TPSA) is 124 Å². The maximum atomic E-state index is 13.5. The van der Waals surface area contributed by atoms with E-state index in [-0.39, 0.29) is 22.2 Å². The summed E-state index contributed by atoms with van der Waals surface area (Å²) in [5, 5.41) is 18.3. The number of aromatic hydroxyl groups is 1. The molecule has 1 heterocycles. The highest BCUT2D eigenvalue weighted by atomic mass is 79.9. The molecular weight excluding hydrogens is 536 g/mol. The van der Waals surface area contributed by atoms with E-state index in [1.807, 2.05) is 6.92 Å². The molecule has 0 spiro atoms. The van der Waals surface area contributed by atoms with Gasteiger partial charge in [0.25, 0.3) is 15.9 Å². The lowest BCUT2D eigenvalue weighted by Gasteiger charge is -2.23. The first-order chi connectivity index (χ1) is 16.8. The number of azo groups is 1. The molecule has 9 nitrogen and oxygen atoms in total. The lowest BCUT2D eigenvalue weighted by molar-refractivity contribution is -0.116. The third-order valence-corrected chi connectivity index (χ3v) is 7.35. The Morgan fingerprint density at radius 3 is 2.43 bits per heavy atom. The predicted molar refractivity (Wildman–Crippen MR) is 136 cm³/mol. The fraction of sp³-hybridized carbons (Fsp3) is 0.125. The number of hydrogen-bond donors (Lipinski definition) is 2. The smallest absolute Gasteiger partial charge is 0.285 e. The summed E-state index contributed by atoms with van der Waals surface area (Å²) in [7, 11) is -4.11. The monoisotopic (exact) mass is 556 g/mol. The number of benzene rings is 3. The van der Waals surface area contributed by atoms with Crippen molar-refractivity contribution in [3.8, 4) is 11.6 Å². The Labute approximate surface area is 210 Å². The van der Waals surface area contributed by atoms with Crippen molar-refractivity contribution in [1.82, 2.24) is 4.98 Å². The molecule has 1 amide bonds. The van der Waals surface area contributed by atoms with Crippen LogP contribution in [0.5, 0.6) is 11.6 Å². The summed E-state index contributed by atoms with van der Waals surface area (Å²) in [4.78, 5) is 15.5. The second kappa shape index (κ2) is 10.3. The lowest BCUT2D eigenvalue weighted by atomic mass is 10.2. The number of aromatic amines is 1. The van der Waals surface area contributed by atoms with Crippen molar-refractivity contribution in [3.05, 3.63) is 77.3 Å². The Hall–Kier alpha value is -3.70. The number of rotatable bonds is 8. The Bertz CT molecular complexity index is 1480. The molecule has 0 aliphatic heterocycles. The number of carbonyl (C=O) groups is 1. The second-order valence-electron chi connectivity index (χ2n) is 7.35. The van der Waals surface area contributed by atoms with Crippen LogP contribution >= 0.6 is 15.9 Å². The molecule has 35 heavy (non-hydrogen) atoms. The van der Waals surface area contributed by atoms with Crippen LogP contribution in [0.2, 0.25) is 0 Å². The van der Waals surface area contributed by atoms with E-state index in [4.69, 9.17) is 4.74 Å². The van der Waals surface area contributed by atoms with Crippen molar-refractivity contribution < 1.29 is 23.1 Å². The highest BCUT2D eigenvalue weighted by Gasteiger charge is 2.27. The van der Waals surface area contributed by atoms with Crippen LogP contribution < -0.4 is 9.04 Å². The van der Waals surface area contributed by atoms with Crippen molar-refractivity contribution in [2.24, 2.45) is 10.2 Å². The van der Waals surface area contributed by atoms with Crippen LogP contribution in [-0.4, -0.2) is 37.6 Å². The largest absolute Gasteiger partial charge is 0.494 e. The maximum absolute atomic E-state index is 13.5. The zero-order valence-electron chi connectivity index (χ0n) is 18.6. The Morgan fingerprint density at radius 1 is 1.06 bits per heavy atom. The summed E-state index contributed by atoms with van der Waals surface area (Å²) < 4.78 is 34.0. The molecule has 0 radical (unpaired) electrons. The number of hydrogen-bond acceptors (Lipinski definition) is 6. The average Bonchev–Trinajstić information content (AvgIpc) is 3.17. The van der Waals surface area contributed by atoms with Crippen molar-refractivity contribution in [2.45, 2.75) is 11.8 Å². The number of sulfonamides is 1. The standard InChI is InChI=1S/C24H21BrN4O5S/c1-2-34-18-11-9-17(10-12-18)29(35(32,33)19-13-7-16(25)8-14-19)15-22(30)27-28-23-20-5-3-4-6-21(20)26-24(23)31/h3-14,26,31H,2,15H2,1H3. The van der Waals surface area contributed by atoms with Crippen LogP contribution in [0.3, 0.4) is 0 Å². The minimum absolute atomic E-state index is 0.00796. The van der Waals surface area contributed by atoms with Crippen molar-refractivity contribution in [2.75, 3.05) is 17.5 Å². The van der Waals surface area contributed by atoms with E-state index in [0.29, 0.717) is 27.7 Å². The van der Waals surface area contributed by atoms with Crippen LogP contribution in [0.4, 0.5) is 11.4 Å². The van der Waals surface area contributed by atoms with Gasteiger partial charge in [-0.05, 0) is 61.5 Å². The summed E-state index contributed by atoms with van der Waals surface area (Å²) >= 11 is 3.29. The molecular formula is C24H21BrN4O5S. The zero-order valence-corrected chi connectivity index (χ0v) is 21.0. The number of nitrogens with one attached hydrogen (secondary N) is 1. The van der Waals surface area contributed by atoms with E-state index >= 15 is 0 Å². The molecule has 2 N–H and O–H groups in total. The average molecular weight is 557 g/mol. The van der Waals surface area contributed by atoms with Gasteiger partial charge in [0, 0.05) is 9.86 Å². The number of para-hydroxylation sites is 1. The summed E-state index contributed by atoms with van der Waals surface area (Å²) in [6.45, 7) is 1.70. The molecule has 0 saturated carbocycles. The predicted octanol–water partition coefficient (Wildman–Crippen LogP) is 5.54. The molecule has 11 heteroatoms. The van der Waals surface area contributed by atoms with E-state index in [0.717, 1.165) is 4.31 Å². The molecule has 4 rings (SSSR count). The van der Waals surface area contributed by atoms with Crippen molar-refractivity contribution in [3.63, 3.8) is 0 Å². The van der Waals surface area contributed by atoms with E-state index in [1.165, 1.54) is 12.1 Å². The van der Waals surface area contributed by atoms with Crippen LogP contribution in [0.25, 0.3) is 10.9 Å². The fourth-order valence-electron chi connectivity index (χ4n) is 3.40. The van der Waals surface area contributed by atoms with Crippen LogP contribution in [0, 0.1) is 0 Å². The number of anilines is 1. The third-order valence-electron chi connectivity index (χ3n) is 5.04. The summed E-state index contributed by atoms with van der Waals surface area (Å²) in [6.07, 6.45) is 0. The van der Waals surface area contributed by atoms with E-state index in [2.05, 4.69) is 31.1 Å². The normalized spacial score (nSPS) is 11.7. The number of amides is 1. The Morgan fingerprint density at radius 2 is 1.74 bits per heavy atom. The van der Waals surface area contributed by atoms with Crippen LogP contribution in [0.1, 0.15) is 6.92 Å². The first-order valence-corrected chi connectivity index (χ1v) is 12.8. The molecule has 0 atom stereocenters. The first kappa shape index (κ1) is 24.4. The van der Waals surface area contributed by atoms with Gasteiger partial charge in [-0.15, -0.1) is 10.2 Å². The van der Waals surface area contributed by atoms with Gasteiger partial charge in [-0.3, -0.25) is 9.10 Å². The molecule has 3 aromatic carbocycles. The Balaban J connectivity index is 1.66. The molecule has 0 fully saturated rings. The van der Waals surface area contributed by atoms with E-state index in [1.54, 1.807) is 60.7 Å². The van der Waals surface area contributed by atoms with E-state index < -0.39 is 22.5 Å². The molecule has 4 aromatic rings. The molecule has 0 aliphatic carbocycles. The van der Waals surface area contributed by atoms with Crippen LogP contribution in [0.15, 0.2) is 92.4 Å². The number of aromatic nitrogens is 1. The third kappa shape index (κ3) is 5.36. The van der Waals surface area contributed by atoms with E-state index in [9.17, 15) is 18.3 Å². The number of halogens is 1. The maximum Gasteiger partial charge on any atom is 0.285 e. The van der Waals surface area contributed by atoms with Crippen molar-refractivity contribution in [1.29, 1.82) is 0 Å². The number of nitrogens with zero attached hydrogens (tertiary/aromatic N) is 3. The van der Waals surface area contributed by atoms with Gasteiger partial charge in [0.2, 0.25) is 5.88 Å². The first-order valence-electron chi connectivity index (χ1n) is 10.5. The van der Waals surface area contributed by atoms with Gasteiger partial charge in [-0.2, -0.15) is 0 Å². The van der Waals surface area contributed by atoms with Gasteiger partial charge in [0.15, 0.2) is 5.69 Å². The summed E-state index contributed by atoms with van der Waals surface area (Å²) in [5.74, 6) is -0.490. The molecule has 1 aromatic heterocycles. The minimum atomic E-state index is -4.11. The van der Waals surface area contributed by atoms with Crippen LogP contribution in [-0.2, 0) is 14.8 Å². The number of H-pyrrole nitrogens is 1. The quantitative estimate of drug-likeness (QED) is 0.275. The second-order valence-corrected chi connectivity index (χ2v) is 10.1. The highest BCUT2D eigenvalue weighted by molar-refractivity contribution is 9.10. The summed E-state index contributed by atoms with van der Waals surface area (Å²) in [5.41, 5.74) is 0.979. The zero-order chi connectivity index (χ0) is 25.0. The van der Waals surface area contributed by atoms with Gasteiger partial charge >= 0.3 is 0 Å². The van der Waals surface area contributed by atoms with Gasteiger partial charge in [-0.25, -0.2) is 8.42 Å². The van der Waals surface area contributed by atoms with Crippen molar-refractivity contribution >= 4 is 54.1 Å². The lowest BCUT2D eigenvalue weighted by Crippen LogP contribution is -2.35. The van der Waals surface area contributed by atoms with Gasteiger partial charge < -0.3 is 14.8 Å². The molecule has 0 aliphatic rings. The number of fused-ring (bicyclic) bond motifs is 1. The van der Waals surface area contributed by atoms with Gasteiger partial charge in [0.05, 0.1) is 22.7 Å². The molecule has 180 valence electrons. The fourth-order valence-corrected chi connectivity index (χ4v) is 5.08. The minimum Gasteiger partial charge on any atom is -0.494 e. The SMILES string of the molecule is CCOc1ccc(N(CC(=O)N=Nc2c(O)[nH]c3ccccc23)S(=O)(=O)c2ccc(Br)cc2)cc1. The van der Waals surface area contributed by atoms with Gasteiger partial charge in [0.1, 0.15) is 12.3 Å². The van der Waals surface area contributed by atoms with Gasteiger partial charge in [-0.1, -0.05) is 34.1 Å². The molecule has 0 saturated heterocycles.